The maximum atomic E-state index is 11.3. The molecule has 3 N–H and O–H groups in total. The molecule has 0 aliphatic rings. The van der Waals surface area contributed by atoms with Crippen molar-refractivity contribution in [3.8, 4) is 0 Å². The van der Waals surface area contributed by atoms with Gasteiger partial charge in [0.2, 0.25) is 0 Å². The highest BCUT2D eigenvalue weighted by Gasteiger charge is 1.98. The minimum absolute atomic E-state index is 0.0777. The van der Waals surface area contributed by atoms with Crippen molar-refractivity contribution in [1.29, 1.82) is 0 Å². The largest absolute Gasteiger partial charge is 0.330 e. The summed E-state index contributed by atoms with van der Waals surface area (Å²) in [7, 11) is 0. The highest BCUT2D eigenvalue weighted by molar-refractivity contribution is 5.23. The summed E-state index contributed by atoms with van der Waals surface area (Å²) in [4.78, 5) is 13.9. The number of nitrogens with two attached hydrogens (primary N) is 1. The number of aromatic amines is 1. The molecule has 0 saturated carbocycles. The van der Waals surface area contributed by atoms with Crippen LogP contribution in [0.4, 0.5) is 0 Å². The molecule has 84 valence electrons. The number of hydrogen-bond acceptors (Lipinski definition) is 2. The maximum absolute atomic E-state index is 11.3. The van der Waals surface area contributed by atoms with E-state index in [2.05, 4.69) is 17.1 Å². The minimum atomic E-state index is -0.0777. The molecule has 0 fully saturated rings. The molecule has 0 saturated heterocycles. The van der Waals surface area contributed by atoms with E-state index in [0.29, 0.717) is 13.1 Å². The molecule has 0 amide bonds. The van der Waals surface area contributed by atoms with E-state index in [4.69, 9.17) is 5.73 Å². The lowest BCUT2D eigenvalue weighted by Crippen LogP contribution is -2.16. The zero-order valence-corrected chi connectivity index (χ0v) is 9.02. The van der Waals surface area contributed by atoms with Crippen molar-refractivity contribution >= 4 is 0 Å². The van der Waals surface area contributed by atoms with Gasteiger partial charge in [-0.2, -0.15) is 0 Å². The quantitative estimate of drug-likeness (QED) is 0.792. The van der Waals surface area contributed by atoms with Crippen LogP contribution >= 0.6 is 0 Å². The van der Waals surface area contributed by atoms with Gasteiger partial charge in [0.25, 0.3) is 0 Å². The van der Waals surface area contributed by atoms with Gasteiger partial charge in [-0.05, 0) is 24.1 Å². The van der Waals surface area contributed by atoms with Gasteiger partial charge in [0.15, 0.2) is 0 Å². The van der Waals surface area contributed by atoms with E-state index in [9.17, 15) is 4.79 Å². The number of benzene rings is 1. The molecule has 1 heterocycles. The van der Waals surface area contributed by atoms with Crippen LogP contribution in [0.5, 0.6) is 0 Å². The van der Waals surface area contributed by atoms with Crippen molar-refractivity contribution in [2.75, 3.05) is 6.54 Å². The SMILES string of the molecule is NCCc1ccc(Cn2cc[nH]c2=O)cc1. The third kappa shape index (κ3) is 2.41. The second-order valence-electron chi connectivity index (χ2n) is 3.75. The molecule has 1 aromatic heterocycles. The van der Waals surface area contributed by atoms with Gasteiger partial charge in [0.05, 0.1) is 6.54 Å². The zero-order chi connectivity index (χ0) is 11.4. The molecule has 0 atom stereocenters. The lowest BCUT2D eigenvalue weighted by atomic mass is 10.1. The fourth-order valence-electron chi connectivity index (χ4n) is 1.65. The van der Waals surface area contributed by atoms with Crippen LogP contribution in [0, 0.1) is 0 Å². The molecule has 0 spiro atoms. The van der Waals surface area contributed by atoms with Crippen molar-refractivity contribution in [1.82, 2.24) is 9.55 Å². The lowest BCUT2D eigenvalue weighted by Gasteiger charge is -2.03. The van der Waals surface area contributed by atoms with Gasteiger partial charge in [-0.1, -0.05) is 24.3 Å². The first-order chi connectivity index (χ1) is 7.79. The summed E-state index contributed by atoms with van der Waals surface area (Å²) in [6.45, 7) is 1.27. The highest BCUT2D eigenvalue weighted by atomic mass is 16.1. The number of H-pyrrole nitrogens is 1. The van der Waals surface area contributed by atoms with E-state index in [0.717, 1.165) is 12.0 Å². The Morgan fingerprint density at radius 3 is 2.44 bits per heavy atom. The maximum Gasteiger partial charge on any atom is 0.325 e. The number of nitrogens with zero attached hydrogens (tertiary/aromatic N) is 1. The Morgan fingerprint density at radius 2 is 1.88 bits per heavy atom. The molecule has 0 bridgehead atoms. The third-order valence-corrected chi connectivity index (χ3v) is 2.53. The Labute approximate surface area is 93.7 Å². The average Bonchev–Trinajstić information content (AvgIpc) is 2.68. The number of rotatable bonds is 4. The molecule has 4 nitrogen and oxygen atoms in total. The monoisotopic (exact) mass is 217 g/mol. The summed E-state index contributed by atoms with van der Waals surface area (Å²) in [6, 6.07) is 8.18. The van der Waals surface area contributed by atoms with Gasteiger partial charge < -0.3 is 10.7 Å². The van der Waals surface area contributed by atoms with Crippen LogP contribution in [0.15, 0.2) is 41.5 Å². The molecule has 0 aliphatic carbocycles. The second-order valence-corrected chi connectivity index (χ2v) is 3.75. The molecule has 0 unspecified atom stereocenters. The number of imidazole rings is 1. The summed E-state index contributed by atoms with van der Waals surface area (Å²) in [6.07, 6.45) is 4.28. The standard InChI is InChI=1S/C12H15N3O/c13-6-5-10-1-3-11(4-2-10)9-15-8-7-14-12(15)16/h1-4,7-8H,5-6,9,13H2,(H,14,16). The van der Waals surface area contributed by atoms with E-state index >= 15 is 0 Å². The Balaban J connectivity index is 2.11. The fraction of sp³-hybridized carbons (Fsp3) is 0.250. The van der Waals surface area contributed by atoms with Crippen LogP contribution in [0.3, 0.4) is 0 Å². The summed E-state index contributed by atoms with van der Waals surface area (Å²) in [5.74, 6) is 0. The van der Waals surface area contributed by atoms with Crippen LogP contribution < -0.4 is 11.4 Å². The van der Waals surface area contributed by atoms with Gasteiger partial charge >= 0.3 is 5.69 Å². The normalized spacial score (nSPS) is 10.6. The molecular formula is C12H15N3O. The lowest BCUT2D eigenvalue weighted by molar-refractivity contribution is 0.761. The smallest absolute Gasteiger partial charge is 0.325 e. The fourth-order valence-corrected chi connectivity index (χ4v) is 1.65. The first-order valence-electron chi connectivity index (χ1n) is 5.31. The predicted molar refractivity (Wildman–Crippen MR) is 63.4 cm³/mol. The molecule has 2 rings (SSSR count). The summed E-state index contributed by atoms with van der Waals surface area (Å²) >= 11 is 0. The second kappa shape index (κ2) is 4.81. The Bertz CT molecular complexity index is 495. The Morgan fingerprint density at radius 1 is 1.19 bits per heavy atom. The van der Waals surface area contributed by atoms with Crippen molar-refractivity contribution in [3.63, 3.8) is 0 Å². The summed E-state index contributed by atoms with van der Waals surface area (Å²) < 4.78 is 1.64. The molecule has 0 aliphatic heterocycles. The number of hydrogen-bond donors (Lipinski definition) is 2. The van der Waals surface area contributed by atoms with Gasteiger partial charge in [-0.3, -0.25) is 4.57 Å². The average molecular weight is 217 g/mol. The predicted octanol–water partition coefficient (Wildman–Crippen LogP) is 0.726. The Kier molecular flexibility index (Phi) is 3.22. The van der Waals surface area contributed by atoms with Crippen molar-refractivity contribution in [3.05, 3.63) is 58.3 Å². The minimum Gasteiger partial charge on any atom is -0.330 e. The number of aromatic nitrogens is 2. The van der Waals surface area contributed by atoms with Crippen LogP contribution in [0.25, 0.3) is 0 Å². The van der Waals surface area contributed by atoms with Crippen LogP contribution in [-0.2, 0) is 13.0 Å². The van der Waals surface area contributed by atoms with Crippen molar-refractivity contribution in [2.45, 2.75) is 13.0 Å². The molecule has 2 aromatic rings. The van der Waals surface area contributed by atoms with Crippen LogP contribution in [0.2, 0.25) is 0 Å². The van der Waals surface area contributed by atoms with E-state index in [-0.39, 0.29) is 5.69 Å². The van der Waals surface area contributed by atoms with Gasteiger partial charge in [-0.15, -0.1) is 0 Å². The van der Waals surface area contributed by atoms with Gasteiger partial charge in [0.1, 0.15) is 0 Å². The highest BCUT2D eigenvalue weighted by Crippen LogP contribution is 2.05. The Hall–Kier alpha value is -1.81. The van der Waals surface area contributed by atoms with Crippen molar-refractivity contribution < 1.29 is 0 Å². The molecule has 1 aromatic carbocycles. The van der Waals surface area contributed by atoms with Crippen LogP contribution in [-0.4, -0.2) is 16.1 Å². The molecule has 4 heteroatoms. The molecule has 0 radical (unpaired) electrons. The first-order valence-corrected chi connectivity index (χ1v) is 5.31. The topological polar surface area (TPSA) is 63.8 Å². The van der Waals surface area contributed by atoms with Crippen molar-refractivity contribution in [2.24, 2.45) is 5.73 Å². The van der Waals surface area contributed by atoms with Gasteiger partial charge in [0, 0.05) is 12.4 Å². The van der Waals surface area contributed by atoms with E-state index < -0.39 is 0 Å². The van der Waals surface area contributed by atoms with Gasteiger partial charge in [-0.25, -0.2) is 4.79 Å². The van der Waals surface area contributed by atoms with E-state index in [1.54, 1.807) is 17.0 Å². The van der Waals surface area contributed by atoms with Crippen LogP contribution in [0.1, 0.15) is 11.1 Å². The first kappa shape index (κ1) is 10.7. The van der Waals surface area contributed by atoms with E-state index in [1.165, 1.54) is 5.56 Å². The third-order valence-electron chi connectivity index (χ3n) is 2.53. The summed E-state index contributed by atoms with van der Waals surface area (Å²) in [5, 5.41) is 0. The zero-order valence-electron chi connectivity index (χ0n) is 9.02. The molecule has 16 heavy (non-hydrogen) atoms. The van der Waals surface area contributed by atoms with E-state index in [1.807, 2.05) is 12.1 Å². The molecular weight excluding hydrogens is 202 g/mol. The number of nitrogens with one attached hydrogen (secondary N) is 1. The summed E-state index contributed by atoms with van der Waals surface area (Å²) in [5.41, 5.74) is 7.74.